The molecule has 4 aromatic heterocycles. The average molecular weight is 1590 g/mol. The smallest absolute Gasteiger partial charge is 0.497 e. The molecule has 3 N–H and O–H groups in total. The van der Waals surface area contributed by atoms with Crippen molar-refractivity contribution in [2.45, 2.75) is 147 Å². The van der Waals surface area contributed by atoms with Gasteiger partial charge in [-0.25, -0.2) is 33.8 Å². The van der Waals surface area contributed by atoms with Crippen LogP contribution in [0.1, 0.15) is 124 Å². The summed E-state index contributed by atoms with van der Waals surface area (Å²) in [7, 11) is -3.99. The number of nitrogens with zero attached hydrogens (tertiary/aromatic N) is 8. The molecule has 3 aliphatic heterocycles. The number of benzene rings is 5. The Balaban J connectivity index is 0.942. The van der Waals surface area contributed by atoms with E-state index in [0.29, 0.717) is 44.5 Å². The van der Waals surface area contributed by atoms with Crippen molar-refractivity contribution in [2.24, 2.45) is 5.92 Å². The molecule has 4 aliphatic rings. The number of phosphoric ester groups is 1. The van der Waals surface area contributed by atoms with Gasteiger partial charge in [0.1, 0.15) is 66.2 Å². The zero-order valence-electron chi connectivity index (χ0n) is 62.3. The van der Waals surface area contributed by atoms with Crippen LogP contribution in [0.5, 0.6) is 17.2 Å². The van der Waals surface area contributed by atoms with Crippen molar-refractivity contribution in [3.8, 4) is 23.3 Å². The van der Waals surface area contributed by atoms with Gasteiger partial charge in [0.25, 0.3) is 25.6 Å². The highest BCUT2D eigenvalue weighted by Gasteiger charge is 2.52. The number of ether oxygens (including phenoxy) is 6. The van der Waals surface area contributed by atoms with E-state index in [2.05, 4.69) is 26.3 Å². The van der Waals surface area contributed by atoms with E-state index in [1.165, 1.54) is 46.9 Å². The predicted molar refractivity (Wildman–Crippen MR) is 414 cm³/mol. The fourth-order valence-electron chi connectivity index (χ4n) is 14.6. The first kappa shape index (κ1) is 79.8. The van der Waals surface area contributed by atoms with Gasteiger partial charge in [-0.05, 0) is 131 Å². The number of carbonyl (C=O) groups excluding carboxylic acids is 1. The second-order valence-electron chi connectivity index (χ2n) is 27.6. The van der Waals surface area contributed by atoms with Crippen LogP contribution in [0.2, 0.25) is 5.02 Å². The molecular formula is C79H84Cl2N11O17P2. The Morgan fingerprint density at radius 3 is 1.91 bits per heavy atom. The molecule has 4 unspecified atom stereocenters. The number of aromatic amines is 2. The van der Waals surface area contributed by atoms with Crippen molar-refractivity contribution in [3.63, 3.8) is 0 Å². The third-order valence-electron chi connectivity index (χ3n) is 19.9. The number of para-hydroxylation sites is 1. The summed E-state index contributed by atoms with van der Waals surface area (Å²) in [6, 6.07) is 41.8. The fourth-order valence-corrected chi connectivity index (χ4v) is 18.1. The van der Waals surface area contributed by atoms with Crippen molar-refractivity contribution in [2.75, 3.05) is 39.4 Å². The number of fused-ring (bicyclic) bond motifs is 1. The van der Waals surface area contributed by atoms with Crippen molar-refractivity contribution < 1.29 is 60.4 Å². The van der Waals surface area contributed by atoms with Crippen molar-refractivity contribution >= 4 is 62.4 Å². The molecule has 11 atom stereocenters. The number of allylic oxidation sites excluding steroid dienone is 1. The van der Waals surface area contributed by atoms with Gasteiger partial charge < -0.3 is 47.3 Å². The number of phosphoric acid groups is 1. The first-order valence-electron chi connectivity index (χ1n) is 36.2. The molecule has 13 rings (SSSR count). The average Bonchev–Trinajstić information content (AvgIpc) is 1.64. The summed E-state index contributed by atoms with van der Waals surface area (Å²) < 4.78 is 96.8. The largest absolute Gasteiger partial charge is 0.530 e. The van der Waals surface area contributed by atoms with Gasteiger partial charge in [0.05, 0.1) is 70.1 Å². The van der Waals surface area contributed by atoms with Gasteiger partial charge in [-0.3, -0.25) is 47.1 Å². The monoisotopic (exact) mass is 1590 g/mol. The summed E-state index contributed by atoms with van der Waals surface area (Å²) in [6.07, 6.45) is -1.41. The number of carbonyl (C=O) groups is 1. The number of H-pyrrole nitrogens is 2. The molecule has 0 spiro atoms. The number of rotatable bonds is 30. The van der Waals surface area contributed by atoms with E-state index in [1.807, 2.05) is 131 Å². The van der Waals surface area contributed by atoms with Gasteiger partial charge in [0.2, 0.25) is 0 Å². The third kappa shape index (κ3) is 17.2. The molecule has 32 heteroatoms. The molecular weight excluding hydrogens is 1510 g/mol. The highest BCUT2D eigenvalue weighted by atomic mass is 35.5. The lowest BCUT2D eigenvalue weighted by molar-refractivity contribution is -0.0813. The molecule has 1 amide bonds. The van der Waals surface area contributed by atoms with E-state index in [9.17, 15) is 29.2 Å². The summed E-state index contributed by atoms with van der Waals surface area (Å²) in [5.74, 6) is 0.186. The minimum Gasteiger partial charge on any atom is -0.497 e. The topological polar surface area (TPSA) is 328 Å². The number of halogens is 2. The molecule has 111 heavy (non-hydrogen) atoms. The number of nitriles is 1. The Morgan fingerprint density at radius 1 is 0.721 bits per heavy atom. The minimum absolute atomic E-state index is 0.0127. The molecule has 0 saturated carbocycles. The summed E-state index contributed by atoms with van der Waals surface area (Å²) >= 11 is 14.3. The van der Waals surface area contributed by atoms with Crippen molar-refractivity contribution in [1.29, 1.82) is 5.26 Å². The highest BCUT2D eigenvalue weighted by molar-refractivity contribution is 7.49. The number of amides is 1. The van der Waals surface area contributed by atoms with Crippen LogP contribution in [0.3, 0.4) is 0 Å². The molecule has 1 aliphatic carbocycles. The first-order valence-corrected chi connectivity index (χ1v) is 39.5. The van der Waals surface area contributed by atoms with Gasteiger partial charge in [-0.15, -0.1) is 0 Å². The quantitative estimate of drug-likeness (QED) is 0.0214. The van der Waals surface area contributed by atoms with E-state index < -0.39 is 112 Å². The molecule has 5 aromatic carbocycles. The van der Waals surface area contributed by atoms with E-state index in [4.69, 9.17) is 84.2 Å². The SMILES string of the molecule is COc1ccc(C(OC[C@@H]2O[C@@H](n3cnc4c(NC(=O)c5ccccc5)ncnc43)C[C@H]2C2=C([C@H]3O[C@@H](n4cc(C)c(=O)[nH]c4=O)C[C@@H]3OP(=O)(OC[C@H]3OC(n4cc(C)c(=O)[nH]c4=O)CC3OP(OCCC#N)N(C(C)C)C(C)C)Oc3ccccc3Cl)C(C)=C(Cl)[CH]C2)(c2ccccc2)c2ccc(OC)cc2)cc1. The Kier molecular flexibility index (Phi) is 25.0. The Morgan fingerprint density at radius 2 is 1.30 bits per heavy atom. The number of hydrogen-bond donors (Lipinski definition) is 3. The van der Waals surface area contributed by atoms with Crippen molar-refractivity contribution in [3.05, 3.63) is 267 Å². The van der Waals surface area contributed by atoms with Crippen LogP contribution in [0.15, 0.2) is 199 Å². The van der Waals surface area contributed by atoms with Crippen LogP contribution in [0.25, 0.3) is 11.2 Å². The fraction of sp³-hybridized carbons (Fsp3) is 0.367. The lowest BCUT2D eigenvalue weighted by atomic mass is 9.77. The van der Waals surface area contributed by atoms with Gasteiger partial charge in [0.15, 0.2) is 17.0 Å². The number of hydrogen-bond acceptors (Lipinski definition) is 22. The predicted octanol–water partition coefficient (Wildman–Crippen LogP) is 13.6. The van der Waals surface area contributed by atoms with Gasteiger partial charge in [-0.2, -0.15) is 5.26 Å². The molecule has 1 radical (unpaired) electrons. The molecule has 0 bridgehead atoms. The van der Waals surface area contributed by atoms with Crippen LogP contribution in [-0.4, -0.2) is 126 Å². The van der Waals surface area contributed by atoms with Crippen LogP contribution >= 0.6 is 39.6 Å². The van der Waals surface area contributed by atoms with E-state index in [1.54, 1.807) is 68.4 Å². The lowest BCUT2D eigenvalue weighted by Crippen LogP contribution is -2.38. The maximum atomic E-state index is 16.6. The molecule has 28 nitrogen and oxygen atoms in total. The number of aryl methyl sites for hydroxylation is 2. The normalized spacial score (nSPS) is 21.6. The number of nitrogens with one attached hydrogen (secondary N) is 3. The highest BCUT2D eigenvalue weighted by Crippen LogP contribution is 2.58. The van der Waals surface area contributed by atoms with E-state index in [-0.39, 0.29) is 90.6 Å². The second kappa shape index (κ2) is 34.8. The lowest BCUT2D eigenvalue weighted by Gasteiger charge is -2.38. The number of anilines is 1. The first-order chi connectivity index (χ1) is 53.5. The summed E-state index contributed by atoms with van der Waals surface area (Å²) in [6.45, 7) is 12.1. The summed E-state index contributed by atoms with van der Waals surface area (Å²) in [4.78, 5) is 86.4. The number of methoxy groups -OCH3 is 2. The zero-order chi connectivity index (χ0) is 78.4. The summed E-state index contributed by atoms with van der Waals surface area (Å²) in [5.41, 5.74) is 1.15. The maximum Gasteiger partial charge on any atom is 0.530 e. The van der Waals surface area contributed by atoms with Crippen LogP contribution in [0.4, 0.5) is 5.82 Å². The van der Waals surface area contributed by atoms with Gasteiger partial charge >= 0.3 is 19.2 Å². The van der Waals surface area contributed by atoms with Crippen LogP contribution < -0.4 is 41.8 Å². The number of aromatic nitrogens is 8. The summed E-state index contributed by atoms with van der Waals surface area (Å²) in [5, 5.41) is 12.9. The Labute approximate surface area is 650 Å². The van der Waals surface area contributed by atoms with Gasteiger partial charge in [-0.1, -0.05) is 114 Å². The number of imidazole rings is 1. The molecule has 581 valence electrons. The molecule has 3 fully saturated rings. The van der Waals surface area contributed by atoms with Crippen LogP contribution in [0, 0.1) is 37.5 Å². The van der Waals surface area contributed by atoms with Gasteiger partial charge in [0, 0.05) is 77.8 Å². The minimum atomic E-state index is -5.19. The van der Waals surface area contributed by atoms with E-state index in [0.717, 1.165) is 16.7 Å². The van der Waals surface area contributed by atoms with E-state index >= 15 is 4.57 Å². The zero-order valence-corrected chi connectivity index (χ0v) is 65.6. The third-order valence-corrected chi connectivity index (χ3v) is 24.2. The second-order valence-corrected chi connectivity index (χ2v) is 31.4. The Hall–Kier alpha value is -9.27. The molecule has 3 saturated heterocycles. The van der Waals surface area contributed by atoms with Crippen molar-refractivity contribution in [1.82, 2.24) is 43.3 Å². The molecule has 9 aromatic rings. The standard InChI is InChI=1S/C79H84Cl2N11O17P2/c1-46(2)92(47(3)4)110(102-36-18-35-82)107-62-38-67(89-40-48(5)74(93)87-77(89)96)105-65(62)43-103-111(98,108-61-24-17-16-23-60(61)81)109-63-39-68(90-41-49(6)75(94)88-78(90)97)106-71(63)69-50(7)59(80)34-33-57(69)58-37-66(91-45-85-70-72(83-44-84-73(70)91)86-76(95)51-19-12-10-13-20-51)104-64(58)42-101-79(52-21-14-11-15-22-52,53-25-29-55(99-8)30-26-53)54-27-31-56(100-9)32-28-54/h10-17,19-32,34,40-41,44-47,58,62-68,71H,18,33,36-39,42-43H2,1-9H3,(H,87,93,96)(H,88,94,97)(H,83,84,86,95)/t58-,62?,63-,64-,65+,66+,67?,68+,71-,110?,111?/m0/s1. The Bertz CT molecular complexity index is 5190. The van der Waals surface area contributed by atoms with Crippen LogP contribution in [-0.2, 0) is 47.2 Å². The maximum absolute atomic E-state index is 16.6. The molecule has 7 heterocycles.